The first-order valence-electron chi connectivity index (χ1n) is 5.96. The van der Waals surface area contributed by atoms with E-state index in [1.165, 1.54) is 24.2 Å². The van der Waals surface area contributed by atoms with Crippen LogP contribution >= 0.6 is 11.3 Å². The Labute approximate surface area is 108 Å². The second-order valence-corrected chi connectivity index (χ2v) is 5.49. The van der Waals surface area contributed by atoms with E-state index in [1.807, 2.05) is 12.3 Å². The third-order valence-electron chi connectivity index (χ3n) is 3.33. The number of amides is 1. The van der Waals surface area contributed by atoms with Crippen molar-refractivity contribution in [3.63, 3.8) is 0 Å². The van der Waals surface area contributed by atoms with Gasteiger partial charge in [-0.3, -0.25) is 4.79 Å². The number of nitrogen functional groups attached to an aromatic ring is 1. The van der Waals surface area contributed by atoms with E-state index in [0.29, 0.717) is 10.6 Å². The maximum atomic E-state index is 11.3. The van der Waals surface area contributed by atoms with Gasteiger partial charge in [0.2, 0.25) is 0 Å². The normalized spacial score (nSPS) is 15.4. The zero-order valence-electron chi connectivity index (χ0n) is 9.90. The molecule has 6 heteroatoms. The van der Waals surface area contributed by atoms with E-state index < -0.39 is 5.91 Å². The molecule has 3 heterocycles. The molecule has 1 fully saturated rings. The second-order valence-electron chi connectivity index (χ2n) is 4.47. The van der Waals surface area contributed by atoms with E-state index in [2.05, 4.69) is 9.88 Å². The number of hydrogen-bond donors (Lipinski definition) is 2. The summed E-state index contributed by atoms with van der Waals surface area (Å²) in [5.41, 5.74) is 13.0. The smallest absolute Gasteiger partial charge is 0.272 e. The van der Waals surface area contributed by atoms with Crippen molar-refractivity contribution >= 4 is 38.8 Å². The van der Waals surface area contributed by atoms with Crippen LogP contribution in [0.3, 0.4) is 0 Å². The molecule has 0 aromatic carbocycles. The highest BCUT2D eigenvalue weighted by Crippen LogP contribution is 2.37. The number of nitrogens with one attached hydrogen (secondary N) is 1. The Morgan fingerprint density at radius 2 is 2.11 bits per heavy atom. The van der Waals surface area contributed by atoms with E-state index in [1.54, 1.807) is 0 Å². The van der Waals surface area contributed by atoms with Crippen LogP contribution in [0.15, 0.2) is 12.3 Å². The molecule has 0 saturated carbocycles. The molecule has 18 heavy (non-hydrogen) atoms. The predicted molar refractivity (Wildman–Crippen MR) is 72.8 cm³/mol. The number of nitrogens with two attached hydrogens (primary N) is 2. The van der Waals surface area contributed by atoms with Crippen molar-refractivity contribution in [3.8, 4) is 0 Å². The van der Waals surface area contributed by atoms with Gasteiger partial charge in [-0.15, -0.1) is 0 Å². The van der Waals surface area contributed by atoms with Crippen LogP contribution in [0, 0.1) is 0 Å². The molecule has 1 aliphatic rings. The molecule has 0 unspecified atom stereocenters. The number of aromatic nitrogens is 1. The number of thiophene rings is 1. The van der Waals surface area contributed by atoms with Crippen molar-refractivity contribution < 1.29 is 9.78 Å². The van der Waals surface area contributed by atoms with Crippen molar-refractivity contribution in [2.24, 2.45) is 5.73 Å². The van der Waals surface area contributed by atoms with Gasteiger partial charge in [0, 0.05) is 19.2 Å². The number of rotatable bonds is 2. The Hall–Kier alpha value is -1.82. The van der Waals surface area contributed by atoms with Crippen molar-refractivity contribution in [2.45, 2.75) is 12.8 Å². The monoisotopic (exact) mass is 263 g/mol. The summed E-state index contributed by atoms with van der Waals surface area (Å²) in [6.45, 7) is 2.08. The molecule has 0 bridgehead atoms. The second kappa shape index (κ2) is 4.13. The zero-order valence-corrected chi connectivity index (χ0v) is 10.7. The van der Waals surface area contributed by atoms with Gasteiger partial charge in [-0.2, -0.15) is 0 Å². The van der Waals surface area contributed by atoms with Gasteiger partial charge in [-0.05, 0) is 12.8 Å². The third-order valence-corrected chi connectivity index (χ3v) is 4.48. The summed E-state index contributed by atoms with van der Waals surface area (Å²) in [6, 6.07) is 2.02. The summed E-state index contributed by atoms with van der Waals surface area (Å²) in [5.74, 6) is -0.463. The van der Waals surface area contributed by atoms with Crippen molar-refractivity contribution in [1.29, 1.82) is 0 Å². The molecular weight excluding hydrogens is 248 g/mol. The van der Waals surface area contributed by atoms with Crippen LogP contribution in [0.5, 0.6) is 0 Å². The first-order valence-corrected chi connectivity index (χ1v) is 6.77. The average Bonchev–Trinajstić information content (AvgIpc) is 2.97. The molecule has 5 N–H and O–H groups in total. The van der Waals surface area contributed by atoms with E-state index in [0.717, 1.165) is 29.0 Å². The summed E-state index contributed by atoms with van der Waals surface area (Å²) in [7, 11) is 0. The van der Waals surface area contributed by atoms with E-state index >= 15 is 0 Å². The quantitative estimate of drug-likeness (QED) is 0.847. The number of fused-ring (bicyclic) bond motifs is 1. The highest BCUT2D eigenvalue weighted by Gasteiger charge is 2.24. The van der Waals surface area contributed by atoms with E-state index in [-0.39, 0.29) is 0 Å². The predicted octanol–water partition coefficient (Wildman–Crippen LogP) is 0.997. The van der Waals surface area contributed by atoms with Gasteiger partial charge in [-0.1, -0.05) is 11.3 Å². The molecule has 1 saturated heterocycles. The highest BCUT2D eigenvalue weighted by atomic mass is 32.1. The molecule has 0 aliphatic carbocycles. The summed E-state index contributed by atoms with van der Waals surface area (Å²) < 4.78 is 0. The lowest BCUT2D eigenvalue weighted by Crippen LogP contribution is -2.19. The molecule has 2 aromatic rings. The van der Waals surface area contributed by atoms with Crippen LogP contribution < -0.4 is 21.4 Å². The SMILES string of the molecule is NC(=O)c1sc2[nH+]ccc(N3CCCC3)c2c1N. The fraction of sp³-hybridized carbons (Fsp3) is 0.333. The zero-order chi connectivity index (χ0) is 12.7. The minimum atomic E-state index is -0.463. The van der Waals surface area contributed by atoms with E-state index in [4.69, 9.17) is 11.5 Å². The first-order chi connectivity index (χ1) is 8.68. The summed E-state index contributed by atoms with van der Waals surface area (Å²) in [6.07, 6.45) is 4.29. The van der Waals surface area contributed by atoms with Crippen molar-refractivity contribution in [3.05, 3.63) is 17.1 Å². The lowest BCUT2D eigenvalue weighted by molar-refractivity contribution is -0.341. The van der Waals surface area contributed by atoms with Crippen molar-refractivity contribution in [1.82, 2.24) is 0 Å². The topological polar surface area (TPSA) is 86.5 Å². The minimum absolute atomic E-state index is 0.438. The molecule has 1 amide bonds. The molecule has 0 spiro atoms. The van der Waals surface area contributed by atoms with Gasteiger partial charge < -0.3 is 16.4 Å². The van der Waals surface area contributed by atoms with Crippen LogP contribution in [0.4, 0.5) is 11.4 Å². The third kappa shape index (κ3) is 1.60. The van der Waals surface area contributed by atoms with Crippen LogP contribution in [0.25, 0.3) is 10.2 Å². The fourth-order valence-corrected chi connectivity index (χ4v) is 3.44. The fourth-order valence-electron chi connectivity index (χ4n) is 2.48. The highest BCUT2D eigenvalue weighted by molar-refractivity contribution is 7.20. The summed E-state index contributed by atoms with van der Waals surface area (Å²) in [5, 5.41) is 0.929. The molecule has 3 rings (SSSR count). The van der Waals surface area contributed by atoms with Gasteiger partial charge in [0.05, 0.1) is 11.4 Å². The van der Waals surface area contributed by atoms with Crippen LogP contribution in [0.1, 0.15) is 22.5 Å². The number of hydrogen-bond acceptors (Lipinski definition) is 4. The number of carbonyl (C=O) groups excluding carboxylic acids is 1. The Morgan fingerprint density at radius 1 is 1.39 bits per heavy atom. The Morgan fingerprint density at radius 3 is 2.78 bits per heavy atom. The molecule has 0 radical (unpaired) electrons. The number of anilines is 2. The molecule has 5 nitrogen and oxygen atoms in total. The lowest BCUT2D eigenvalue weighted by Gasteiger charge is -2.17. The molecule has 1 aliphatic heterocycles. The molecule has 2 aromatic heterocycles. The molecular formula is C12H15N4OS+. The van der Waals surface area contributed by atoms with Gasteiger partial charge in [-0.25, -0.2) is 4.98 Å². The number of H-pyrrole nitrogens is 1. The number of carbonyl (C=O) groups is 1. The Balaban J connectivity index is 2.23. The first kappa shape index (κ1) is 11.3. The van der Waals surface area contributed by atoms with Crippen LogP contribution in [-0.4, -0.2) is 19.0 Å². The van der Waals surface area contributed by atoms with Crippen LogP contribution in [-0.2, 0) is 0 Å². The van der Waals surface area contributed by atoms with Crippen molar-refractivity contribution in [2.75, 3.05) is 23.7 Å². The lowest BCUT2D eigenvalue weighted by atomic mass is 10.2. The van der Waals surface area contributed by atoms with Gasteiger partial charge in [0.15, 0.2) is 6.20 Å². The molecule has 0 atom stereocenters. The largest absolute Gasteiger partial charge is 0.397 e. The maximum Gasteiger partial charge on any atom is 0.272 e. The van der Waals surface area contributed by atoms with Gasteiger partial charge in [0.1, 0.15) is 10.3 Å². The Kier molecular flexibility index (Phi) is 2.59. The average molecular weight is 263 g/mol. The standard InChI is InChI=1S/C12H14N4OS/c13-9-8-7(16-5-1-2-6-16)3-4-15-12(8)18-10(9)11(14)17/h3-4H,1-2,5-6,13H2,(H2,14,17)/p+1. The summed E-state index contributed by atoms with van der Waals surface area (Å²) >= 11 is 1.32. The summed E-state index contributed by atoms with van der Waals surface area (Å²) in [4.78, 5) is 18.1. The van der Waals surface area contributed by atoms with Crippen LogP contribution in [0.2, 0.25) is 0 Å². The number of aromatic amines is 1. The van der Waals surface area contributed by atoms with Gasteiger partial charge in [0.25, 0.3) is 10.7 Å². The van der Waals surface area contributed by atoms with E-state index in [9.17, 15) is 4.79 Å². The Bertz CT molecular complexity index is 616. The number of nitrogens with zero attached hydrogens (tertiary/aromatic N) is 1. The van der Waals surface area contributed by atoms with Gasteiger partial charge >= 0.3 is 0 Å². The maximum absolute atomic E-state index is 11.3. The number of pyridine rings is 1. The minimum Gasteiger partial charge on any atom is -0.397 e. The number of primary amides is 1. The molecule has 94 valence electrons.